The van der Waals surface area contributed by atoms with Gasteiger partial charge in [-0.25, -0.2) is 23.1 Å². The molecule has 8 nitrogen and oxygen atoms in total. The van der Waals surface area contributed by atoms with Crippen molar-refractivity contribution >= 4 is 21.6 Å². The molecule has 2 aromatic heterocycles. The highest BCUT2D eigenvalue weighted by molar-refractivity contribution is 7.89. The molecule has 112 valence electrons. The minimum atomic E-state index is -3.73. The van der Waals surface area contributed by atoms with E-state index in [1.807, 2.05) is 4.57 Å². The first-order valence-electron chi connectivity index (χ1n) is 6.39. The normalized spacial score (nSPS) is 15.9. The van der Waals surface area contributed by atoms with Gasteiger partial charge in [-0.3, -0.25) is 0 Å². The number of sulfonamides is 1. The van der Waals surface area contributed by atoms with Crippen LogP contribution in [0.3, 0.4) is 0 Å². The summed E-state index contributed by atoms with van der Waals surface area (Å²) >= 11 is 5.55. The van der Waals surface area contributed by atoms with Crippen molar-refractivity contribution in [2.75, 3.05) is 0 Å². The predicted molar refractivity (Wildman–Crippen MR) is 74.1 cm³/mol. The Hall–Kier alpha value is -1.58. The second-order valence-corrected chi connectivity index (χ2v) is 6.81. The lowest BCUT2D eigenvalue weighted by atomic mass is 10.3. The molecule has 1 N–H and O–H groups in total. The molecule has 1 aliphatic rings. The minimum absolute atomic E-state index is 0.00252. The summed E-state index contributed by atoms with van der Waals surface area (Å²) < 4.78 is 29.0. The summed E-state index contributed by atoms with van der Waals surface area (Å²) in [4.78, 5) is 7.31. The van der Waals surface area contributed by atoms with Crippen LogP contribution in [0.2, 0.25) is 5.28 Å². The van der Waals surface area contributed by atoms with Crippen molar-refractivity contribution in [2.45, 2.75) is 37.2 Å². The highest BCUT2D eigenvalue weighted by Gasteiger charge is 2.25. The maximum atomic E-state index is 12.3. The quantitative estimate of drug-likeness (QED) is 0.829. The zero-order chi connectivity index (χ0) is 15.0. The Morgan fingerprint density at radius 2 is 2.05 bits per heavy atom. The standard InChI is InChI=1S/C11H13ClN6O2S/c1-7(10-16-15-9-3-2-4-18(9)10)17-21(19,20)8-5-13-11(12)14-6-8/h5-7,17H,2-4H2,1H3. The number of aryl methyl sites for hydroxylation is 1. The first-order valence-corrected chi connectivity index (χ1v) is 8.25. The third-order valence-corrected chi connectivity index (χ3v) is 4.95. The topological polar surface area (TPSA) is 103 Å². The van der Waals surface area contributed by atoms with Crippen LogP contribution in [0.4, 0.5) is 0 Å². The van der Waals surface area contributed by atoms with E-state index in [0.29, 0.717) is 5.82 Å². The first-order chi connectivity index (χ1) is 9.97. The zero-order valence-electron chi connectivity index (χ0n) is 11.2. The van der Waals surface area contributed by atoms with Gasteiger partial charge in [-0.1, -0.05) is 0 Å². The Morgan fingerprint density at radius 3 is 2.76 bits per heavy atom. The SMILES string of the molecule is CC(NS(=O)(=O)c1cnc(Cl)nc1)c1nnc2n1CCC2. The number of hydrogen-bond donors (Lipinski definition) is 1. The fraction of sp³-hybridized carbons (Fsp3) is 0.455. The summed E-state index contributed by atoms with van der Waals surface area (Å²) in [6.07, 6.45) is 4.21. The molecular weight excluding hydrogens is 316 g/mol. The molecule has 0 saturated heterocycles. The van der Waals surface area contributed by atoms with E-state index in [4.69, 9.17) is 11.6 Å². The summed E-state index contributed by atoms with van der Waals surface area (Å²) in [6, 6.07) is -0.495. The van der Waals surface area contributed by atoms with Crippen LogP contribution in [0.5, 0.6) is 0 Å². The van der Waals surface area contributed by atoms with Gasteiger partial charge in [-0.05, 0) is 24.9 Å². The highest BCUT2D eigenvalue weighted by Crippen LogP contribution is 2.20. The van der Waals surface area contributed by atoms with E-state index < -0.39 is 16.1 Å². The first kappa shape index (κ1) is 14.4. The molecule has 21 heavy (non-hydrogen) atoms. The van der Waals surface area contributed by atoms with Crippen LogP contribution in [0.1, 0.15) is 31.0 Å². The van der Waals surface area contributed by atoms with E-state index in [9.17, 15) is 8.42 Å². The molecule has 0 bridgehead atoms. The number of aromatic nitrogens is 5. The lowest BCUT2D eigenvalue weighted by Gasteiger charge is -2.13. The molecule has 0 saturated carbocycles. The van der Waals surface area contributed by atoms with Gasteiger partial charge in [0.2, 0.25) is 15.3 Å². The Kier molecular flexibility index (Phi) is 3.64. The predicted octanol–water partition coefficient (Wildman–Crippen LogP) is 0.707. The monoisotopic (exact) mass is 328 g/mol. The van der Waals surface area contributed by atoms with E-state index in [1.54, 1.807) is 6.92 Å². The lowest BCUT2D eigenvalue weighted by Crippen LogP contribution is -2.29. The summed E-state index contributed by atoms with van der Waals surface area (Å²) in [7, 11) is -3.73. The number of rotatable bonds is 4. The van der Waals surface area contributed by atoms with Gasteiger partial charge in [0, 0.05) is 13.0 Å². The van der Waals surface area contributed by atoms with Gasteiger partial charge >= 0.3 is 0 Å². The van der Waals surface area contributed by atoms with Crippen LogP contribution >= 0.6 is 11.6 Å². The van der Waals surface area contributed by atoms with Crippen molar-refractivity contribution in [2.24, 2.45) is 0 Å². The molecule has 10 heteroatoms. The smallest absolute Gasteiger partial charge is 0.244 e. The Labute approximate surface area is 126 Å². The maximum absolute atomic E-state index is 12.3. The van der Waals surface area contributed by atoms with Crippen molar-refractivity contribution in [1.82, 2.24) is 29.5 Å². The third-order valence-electron chi connectivity index (χ3n) is 3.26. The number of nitrogens with zero attached hydrogens (tertiary/aromatic N) is 5. The molecule has 3 rings (SSSR count). The van der Waals surface area contributed by atoms with E-state index >= 15 is 0 Å². The summed E-state index contributed by atoms with van der Waals surface area (Å²) in [5, 5.41) is 8.13. The van der Waals surface area contributed by atoms with Crippen molar-refractivity contribution in [1.29, 1.82) is 0 Å². The van der Waals surface area contributed by atoms with Crippen LogP contribution in [-0.4, -0.2) is 33.2 Å². The molecule has 2 aromatic rings. The fourth-order valence-corrected chi connectivity index (χ4v) is 3.47. The second-order valence-electron chi connectivity index (χ2n) is 4.76. The van der Waals surface area contributed by atoms with Gasteiger partial charge in [0.05, 0.1) is 18.4 Å². The van der Waals surface area contributed by atoms with E-state index in [2.05, 4.69) is 24.9 Å². The molecule has 0 aliphatic carbocycles. The average Bonchev–Trinajstić information content (AvgIpc) is 3.00. The van der Waals surface area contributed by atoms with Gasteiger partial charge in [0.15, 0.2) is 5.82 Å². The molecule has 1 aliphatic heterocycles. The van der Waals surface area contributed by atoms with Gasteiger partial charge in [0.1, 0.15) is 10.7 Å². The molecule has 0 aromatic carbocycles. The number of halogens is 1. The molecule has 1 unspecified atom stereocenters. The van der Waals surface area contributed by atoms with Crippen LogP contribution in [0.15, 0.2) is 17.3 Å². The fourth-order valence-electron chi connectivity index (χ4n) is 2.29. The third kappa shape index (κ3) is 2.76. The maximum Gasteiger partial charge on any atom is 0.244 e. The average molecular weight is 329 g/mol. The van der Waals surface area contributed by atoms with Gasteiger partial charge in [-0.15, -0.1) is 10.2 Å². The Bertz CT molecular complexity index is 758. The molecule has 0 amide bonds. The van der Waals surface area contributed by atoms with Crippen molar-refractivity contribution in [3.8, 4) is 0 Å². The molecule has 0 spiro atoms. The summed E-state index contributed by atoms with van der Waals surface area (Å²) in [5.74, 6) is 1.51. The lowest BCUT2D eigenvalue weighted by molar-refractivity contribution is 0.545. The zero-order valence-corrected chi connectivity index (χ0v) is 12.8. The Balaban J connectivity index is 1.83. The summed E-state index contributed by atoms with van der Waals surface area (Å²) in [5.41, 5.74) is 0. The highest BCUT2D eigenvalue weighted by atomic mass is 35.5. The van der Waals surface area contributed by atoms with Gasteiger partial charge < -0.3 is 4.57 Å². The van der Waals surface area contributed by atoms with Crippen LogP contribution < -0.4 is 4.72 Å². The summed E-state index contributed by atoms with van der Waals surface area (Å²) in [6.45, 7) is 2.54. The molecule has 0 fully saturated rings. The largest absolute Gasteiger partial charge is 0.314 e. The molecule has 3 heterocycles. The second kappa shape index (κ2) is 5.32. The number of nitrogens with one attached hydrogen (secondary N) is 1. The van der Waals surface area contributed by atoms with Crippen molar-refractivity contribution < 1.29 is 8.42 Å². The van der Waals surface area contributed by atoms with Crippen LogP contribution in [0, 0.1) is 0 Å². The van der Waals surface area contributed by atoms with E-state index in [-0.39, 0.29) is 10.2 Å². The van der Waals surface area contributed by atoms with Gasteiger partial charge in [0.25, 0.3) is 0 Å². The van der Waals surface area contributed by atoms with Crippen molar-refractivity contribution in [3.05, 3.63) is 29.3 Å². The van der Waals surface area contributed by atoms with E-state index in [0.717, 1.165) is 25.2 Å². The molecule has 0 radical (unpaired) electrons. The van der Waals surface area contributed by atoms with E-state index in [1.165, 1.54) is 12.4 Å². The van der Waals surface area contributed by atoms with Crippen LogP contribution in [-0.2, 0) is 23.0 Å². The molecule has 1 atom stereocenters. The molecular formula is C11H13ClN6O2S. The van der Waals surface area contributed by atoms with Gasteiger partial charge in [-0.2, -0.15) is 0 Å². The van der Waals surface area contributed by atoms with Crippen molar-refractivity contribution in [3.63, 3.8) is 0 Å². The minimum Gasteiger partial charge on any atom is -0.314 e. The Morgan fingerprint density at radius 1 is 1.33 bits per heavy atom. The number of fused-ring (bicyclic) bond motifs is 1. The number of hydrogen-bond acceptors (Lipinski definition) is 6. The van der Waals surface area contributed by atoms with Crippen LogP contribution in [0.25, 0.3) is 0 Å².